The average molecular weight is 413 g/mol. The maximum Gasteiger partial charge on any atom is 0.193 e. The second kappa shape index (κ2) is 9.84. The van der Waals surface area contributed by atoms with Crippen molar-refractivity contribution in [2.45, 2.75) is 33.0 Å². The number of ketones is 2. The summed E-state index contributed by atoms with van der Waals surface area (Å²) in [5.74, 6) is 0.406. The van der Waals surface area contributed by atoms with Gasteiger partial charge in [-0.15, -0.1) is 0 Å². The number of aliphatic hydroxyl groups is 1. The van der Waals surface area contributed by atoms with Crippen molar-refractivity contribution < 1.29 is 19.4 Å². The van der Waals surface area contributed by atoms with E-state index in [0.717, 1.165) is 11.1 Å². The van der Waals surface area contributed by atoms with E-state index >= 15 is 0 Å². The van der Waals surface area contributed by atoms with E-state index in [4.69, 9.17) is 10.00 Å². The lowest BCUT2D eigenvalue weighted by Gasteiger charge is -2.14. The van der Waals surface area contributed by atoms with Crippen LogP contribution < -0.4 is 4.74 Å². The van der Waals surface area contributed by atoms with E-state index in [9.17, 15) is 14.7 Å². The molecule has 0 amide bonds. The molecule has 0 aromatic heterocycles. The zero-order valence-electron chi connectivity index (χ0n) is 17.5. The lowest BCUT2D eigenvalue weighted by atomic mass is 9.98. The van der Waals surface area contributed by atoms with Crippen molar-refractivity contribution in [1.82, 2.24) is 0 Å². The third-order valence-corrected chi connectivity index (χ3v) is 4.89. The van der Waals surface area contributed by atoms with Crippen molar-refractivity contribution in [2.75, 3.05) is 0 Å². The number of aliphatic hydroxyl groups excluding tert-OH is 1. The van der Waals surface area contributed by atoms with Gasteiger partial charge in [0.2, 0.25) is 0 Å². The van der Waals surface area contributed by atoms with E-state index in [0.29, 0.717) is 34.4 Å². The van der Waals surface area contributed by atoms with Gasteiger partial charge in [0.05, 0.1) is 17.7 Å². The Labute approximate surface area is 181 Å². The highest BCUT2D eigenvalue weighted by Gasteiger charge is 2.12. The van der Waals surface area contributed by atoms with Crippen molar-refractivity contribution in [1.29, 1.82) is 5.26 Å². The van der Waals surface area contributed by atoms with Crippen LogP contribution in [0.5, 0.6) is 5.75 Å². The van der Waals surface area contributed by atoms with E-state index in [1.54, 1.807) is 67.6 Å². The molecule has 156 valence electrons. The summed E-state index contributed by atoms with van der Waals surface area (Å²) in [6, 6.07) is 20.8. The maximum absolute atomic E-state index is 12.6. The van der Waals surface area contributed by atoms with Gasteiger partial charge >= 0.3 is 0 Å². The standard InChI is InChI=1S/C26H23NO4/c1-17(28)12-24-14-21(18(2)29)6-7-23(24)16-31-25-10-8-20(9-11-25)26(30)22-5-3-4-19(13-22)15-27/h3-11,13-14,17,28H,12,16H2,1-2H3. The minimum absolute atomic E-state index is 0.0279. The van der Waals surface area contributed by atoms with Crippen LogP contribution in [-0.2, 0) is 13.0 Å². The molecular formula is C26H23NO4. The average Bonchev–Trinajstić information content (AvgIpc) is 2.77. The smallest absolute Gasteiger partial charge is 0.193 e. The number of nitrogens with zero attached hydrogens (tertiary/aromatic N) is 1. The molecule has 1 N–H and O–H groups in total. The fraction of sp³-hybridized carbons (Fsp3) is 0.192. The molecular weight excluding hydrogens is 390 g/mol. The van der Waals surface area contributed by atoms with Crippen LogP contribution in [0.3, 0.4) is 0 Å². The number of ether oxygens (including phenoxy) is 1. The number of nitriles is 1. The highest BCUT2D eigenvalue weighted by atomic mass is 16.5. The van der Waals surface area contributed by atoms with E-state index in [1.165, 1.54) is 6.92 Å². The molecule has 1 atom stereocenters. The second-order valence-corrected chi connectivity index (χ2v) is 7.43. The Kier molecular flexibility index (Phi) is 6.96. The Bertz CT molecular complexity index is 1140. The fourth-order valence-corrected chi connectivity index (χ4v) is 3.25. The molecule has 0 radical (unpaired) electrons. The van der Waals surface area contributed by atoms with Crippen LogP contribution in [0, 0.1) is 11.3 Å². The number of Topliss-reactive ketones (excluding diaryl/α,β-unsaturated/α-hetero) is 1. The highest BCUT2D eigenvalue weighted by Crippen LogP contribution is 2.20. The summed E-state index contributed by atoms with van der Waals surface area (Å²) in [7, 11) is 0. The van der Waals surface area contributed by atoms with Gasteiger partial charge in [0.15, 0.2) is 11.6 Å². The Morgan fingerprint density at radius 2 is 1.68 bits per heavy atom. The summed E-state index contributed by atoms with van der Waals surface area (Å²) in [6.45, 7) is 3.49. The summed E-state index contributed by atoms with van der Waals surface area (Å²) in [6.07, 6.45) is -0.111. The first-order valence-electron chi connectivity index (χ1n) is 9.96. The first kappa shape index (κ1) is 21.9. The quantitative estimate of drug-likeness (QED) is 0.550. The molecule has 0 heterocycles. The highest BCUT2D eigenvalue weighted by molar-refractivity contribution is 6.09. The van der Waals surface area contributed by atoms with Crippen LogP contribution in [-0.4, -0.2) is 22.8 Å². The molecule has 31 heavy (non-hydrogen) atoms. The third-order valence-electron chi connectivity index (χ3n) is 4.89. The van der Waals surface area contributed by atoms with E-state index in [2.05, 4.69) is 0 Å². The van der Waals surface area contributed by atoms with Gasteiger partial charge in [-0.25, -0.2) is 0 Å². The van der Waals surface area contributed by atoms with Crippen molar-refractivity contribution in [3.63, 3.8) is 0 Å². The van der Waals surface area contributed by atoms with Gasteiger partial charge in [-0.2, -0.15) is 5.26 Å². The predicted molar refractivity (Wildman–Crippen MR) is 117 cm³/mol. The molecule has 0 aliphatic carbocycles. The molecule has 0 saturated carbocycles. The van der Waals surface area contributed by atoms with Crippen molar-refractivity contribution in [3.8, 4) is 11.8 Å². The van der Waals surface area contributed by atoms with Crippen LogP contribution in [0.4, 0.5) is 0 Å². The number of hydrogen-bond donors (Lipinski definition) is 1. The van der Waals surface area contributed by atoms with Gasteiger partial charge in [0, 0.05) is 16.7 Å². The maximum atomic E-state index is 12.6. The minimum atomic E-state index is -0.536. The van der Waals surface area contributed by atoms with Crippen LogP contribution in [0.15, 0.2) is 66.7 Å². The molecule has 5 heteroatoms. The van der Waals surface area contributed by atoms with Gasteiger partial charge in [0.1, 0.15) is 12.4 Å². The van der Waals surface area contributed by atoms with Gasteiger partial charge in [-0.05, 0) is 73.9 Å². The van der Waals surface area contributed by atoms with E-state index in [-0.39, 0.29) is 18.2 Å². The van der Waals surface area contributed by atoms with Crippen LogP contribution >= 0.6 is 0 Å². The van der Waals surface area contributed by atoms with Crippen LogP contribution in [0.2, 0.25) is 0 Å². The lowest BCUT2D eigenvalue weighted by molar-refractivity contribution is 0.101. The zero-order valence-corrected chi connectivity index (χ0v) is 17.5. The third kappa shape index (κ3) is 5.65. The monoisotopic (exact) mass is 413 g/mol. The molecule has 0 fully saturated rings. The van der Waals surface area contributed by atoms with Crippen LogP contribution in [0.25, 0.3) is 0 Å². The second-order valence-electron chi connectivity index (χ2n) is 7.43. The molecule has 0 aliphatic heterocycles. The molecule has 0 aliphatic rings. The minimum Gasteiger partial charge on any atom is -0.489 e. The summed E-state index contributed by atoms with van der Waals surface area (Å²) in [5.41, 5.74) is 3.76. The summed E-state index contributed by atoms with van der Waals surface area (Å²) in [5, 5.41) is 18.8. The van der Waals surface area contributed by atoms with Crippen molar-refractivity contribution >= 4 is 11.6 Å². The molecule has 3 aromatic rings. The summed E-state index contributed by atoms with van der Waals surface area (Å²) >= 11 is 0. The van der Waals surface area contributed by atoms with Gasteiger partial charge in [-0.1, -0.05) is 24.3 Å². The van der Waals surface area contributed by atoms with E-state index < -0.39 is 6.10 Å². The predicted octanol–water partition coefficient (Wildman–Crippen LogP) is 4.49. The number of benzene rings is 3. The molecule has 1 unspecified atom stereocenters. The lowest BCUT2D eigenvalue weighted by Crippen LogP contribution is -2.10. The number of carbonyl (C=O) groups is 2. The SMILES string of the molecule is CC(=O)c1ccc(COc2ccc(C(=O)c3cccc(C#N)c3)cc2)c(CC(C)O)c1. The number of carbonyl (C=O) groups excluding carboxylic acids is 2. The van der Waals surface area contributed by atoms with Crippen molar-refractivity contribution in [2.24, 2.45) is 0 Å². The number of hydrogen-bond acceptors (Lipinski definition) is 5. The Balaban J connectivity index is 1.72. The van der Waals surface area contributed by atoms with Gasteiger partial charge in [0.25, 0.3) is 0 Å². The molecule has 3 aromatic carbocycles. The molecule has 3 rings (SSSR count). The summed E-state index contributed by atoms with van der Waals surface area (Å²) in [4.78, 5) is 24.3. The van der Waals surface area contributed by atoms with Crippen molar-refractivity contribution in [3.05, 3.63) is 100 Å². The van der Waals surface area contributed by atoms with Gasteiger partial charge < -0.3 is 9.84 Å². The Hall–Kier alpha value is -3.75. The fourth-order valence-electron chi connectivity index (χ4n) is 3.25. The first-order valence-corrected chi connectivity index (χ1v) is 9.96. The van der Waals surface area contributed by atoms with Gasteiger partial charge in [-0.3, -0.25) is 9.59 Å². The molecule has 0 spiro atoms. The number of rotatable bonds is 8. The Morgan fingerprint density at radius 1 is 0.968 bits per heavy atom. The Morgan fingerprint density at radius 3 is 2.32 bits per heavy atom. The topological polar surface area (TPSA) is 87.4 Å². The van der Waals surface area contributed by atoms with E-state index in [1.807, 2.05) is 12.1 Å². The molecule has 5 nitrogen and oxygen atoms in total. The first-order chi connectivity index (χ1) is 14.9. The summed E-state index contributed by atoms with van der Waals surface area (Å²) < 4.78 is 5.87. The molecule has 0 saturated heterocycles. The zero-order chi connectivity index (χ0) is 22.4. The largest absolute Gasteiger partial charge is 0.489 e. The molecule has 0 bridgehead atoms. The van der Waals surface area contributed by atoms with Crippen LogP contribution in [0.1, 0.15) is 56.8 Å². The normalized spacial score (nSPS) is 11.4.